The summed E-state index contributed by atoms with van der Waals surface area (Å²) in [5, 5.41) is 11.4. The van der Waals surface area contributed by atoms with Crippen molar-refractivity contribution < 1.29 is 24.2 Å². The number of carboxylic acids is 1. The van der Waals surface area contributed by atoms with Gasteiger partial charge in [-0.1, -0.05) is 12.1 Å². The second-order valence-electron chi connectivity index (χ2n) is 5.16. The summed E-state index contributed by atoms with van der Waals surface area (Å²) in [5.74, 6) is -2.15. The number of benzene rings is 1. The highest BCUT2D eigenvalue weighted by molar-refractivity contribution is 9.10. The largest absolute Gasteiger partial charge is 0.479 e. The van der Waals surface area contributed by atoms with Gasteiger partial charge in [0.2, 0.25) is 11.8 Å². The maximum absolute atomic E-state index is 12.2. The number of nitrogens with zero attached hydrogens (tertiary/aromatic N) is 1. The predicted molar refractivity (Wildman–Crippen MR) is 86.0 cm³/mol. The summed E-state index contributed by atoms with van der Waals surface area (Å²) in [6.45, 7) is 0.127. The van der Waals surface area contributed by atoms with Crippen LogP contribution >= 0.6 is 15.9 Å². The molecule has 0 spiro atoms. The average molecular weight is 385 g/mol. The number of carbonyl (C=O) groups excluding carboxylic acids is 2. The summed E-state index contributed by atoms with van der Waals surface area (Å²) < 4.78 is 5.53. The average Bonchev–Trinajstić information content (AvgIpc) is 2.89. The Labute approximate surface area is 141 Å². The fourth-order valence-electron chi connectivity index (χ4n) is 2.40. The van der Waals surface area contributed by atoms with E-state index in [0.717, 1.165) is 4.47 Å². The van der Waals surface area contributed by atoms with Crippen molar-refractivity contribution in [1.29, 1.82) is 0 Å². The normalized spacial score (nSPS) is 18.8. The molecular weight excluding hydrogens is 368 g/mol. The lowest BCUT2D eigenvalue weighted by molar-refractivity contribution is -0.148. The van der Waals surface area contributed by atoms with Crippen molar-refractivity contribution >= 4 is 39.4 Å². The number of aliphatic carboxylic acids is 1. The van der Waals surface area contributed by atoms with Crippen molar-refractivity contribution in [2.24, 2.45) is 5.92 Å². The summed E-state index contributed by atoms with van der Waals surface area (Å²) in [6, 6.07) is 7.28. The van der Waals surface area contributed by atoms with Crippen LogP contribution in [0.15, 0.2) is 28.7 Å². The molecule has 0 radical (unpaired) electrons. The van der Waals surface area contributed by atoms with Gasteiger partial charge >= 0.3 is 5.97 Å². The van der Waals surface area contributed by atoms with Crippen LogP contribution in [-0.4, -0.2) is 49.2 Å². The van der Waals surface area contributed by atoms with Crippen molar-refractivity contribution in [1.82, 2.24) is 5.32 Å². The molecule has 1 saturated heterocycles. The summed E-state index contributed by atoms with van der Waals surface area (Å²) in [4.78, 5) is 36.7. The van der Waals surface area contributed by atoms with E-state index in [1.54, 1.807) is 11.0 Å². The maximum atomic E-state index is 12.2. The molecular formula is C15H17BrN2O5. The smallest absolute Gasteiger partial charge is 0.334 e. The van der Waals surface area contributed by atoms with E-state index in [1.807, 2.05) is 18.2 Å². The standard InChI is InChI=1S/C15H17BrN2O5/c1-23-12(15(21)22)7-17-14(20)9-6-13(19)18(8-9)11-5-3-2-4-10(11)16/h2-5,9,12H,6-8H2,1H3,(H,17,20)(H,21,22). The van der Waals surface area contributed by atoms with E-state index in [9.17, 15) is 14.4 Å². The zero-order chi connectivity index (χ0) is 17.0. The summed E-state index contributed by atoms with van der Waals surface area (Å²) in [6.07, 6.45) is -1.01. The zero-order valence-corrected chi connectivity index (χ0v) is 14.1. The molecule has 1 aliphatic heterocycles. The van der Waals surface area contributed by atoms with E-state index >= 15 is 0 Å². The zero-order valence-electron chi connectivity index (χ0n) is 12.5. The van der Waals surface area contributed by atoms with Gasteiger partial charge in [0.1, 0.15) is 0 Å². The van der Waals surface area contributed by atoms with Crippen LogP contribution in [0.1, 0.15) is 6.42 Å². The molecule has 0 aromatic heterocycles. The monoisotopic (exact) mass is 384 g/mol. The molecule has 2 amide bonds. The lowest BCUT2D eigenvalue weighted by Crippen LogP contribution is -2.41. The molecule has 0 saturated carbocycles. The molecule has 0 aliphatic carbocycles. The van der Waals surface area contributed by atoms with Gasteiger partial charge in [-0.15, -0.1) is 0 Å². The highest BCUT2D eigenvalue weighted by Gasteiger charge is 2.36. The van der Waals surface area contributed by atoms with Gasteiger partial charge in [0.25, 0.3) is 0 Å². The van der Waals surface area contributed by atoms with Gasteiger partial charge in [-0.05, 0) is 28.1 Å². The Hall–Kier alpha value is -1.93. The lowest BCUT2D eigenvalue weighted by Gasteiger charge is -2.18. The number of carboxylic acid groups (broad SMARTS) is 1. The second kappa shape index (κ2) is 7.56. The van der Waals surface area contributed by atoms with Crippen LogP contribution in [0, 0.1) is 5.92 Å². The minimum absolute atomic E-state index is 0.0951. The molecule has 2 N–H and O–H groups in total. The molecule has 2 atom stereocenters. The van der Waals surface area contributed by atoms with Crippen LogP contribution in [0.3, 0.4) is 0 Å². The van der Waals surface area contributed by atoms with Crippen LogP contribution in [0.2, 0.25) is 0 Å². The van der Waals surface area contributed by atoms with Crippen molar-refractivity contribution in [3.05, 3.63) is 28.7 Å². The van der Waals surface area contributed by atoms with E-state index in [1.165, 1.54) is 7.11 Å². The van der Waals surface area contributed by atoms with Crippen molar-refractivity contribution in [2.75, 3.05) is 25.1 Å². The molecule has 1 aliphatic rings. The number of amides is 2. The Balaban J connectivity index is 1.98. The first-order valence-electron chi connectivity index (χ1n) is 7.02. The minimum atomic E-state index is -1.15. The Morgan fingerprint density at radius 1 is 1.48 bits per heavy atom. The van der Waals surface area contributed by atoms with E-state index in [2.05, 4.69) is 21.2 Å². The molecule has 1 aromatic carbocycles. The molecule has 8 heteroatoms. The van der Waals surface area contributed by atoms with Crippen LogP contribution in [-0.2, 0) is 19.1 Å². The molecule has 2 rings (SSSR count). The topological polar surface area (TPSA) is 95.9 Å². The Bertz CT molecular complexity index is 622. The number of nitrogens with one attached hydrogen (secondary N) is 1. The van der Waals surface area contributed by atoms with Crippen molar-refractivity contribution in [2.45, 2.75) is 12.5 Å². The third-order valence-corrected chi connectivity index (χ3v) is 4.33. The molecule has 23 heavy (non-hydrogen) atoms. The number of anilines is 1. The number of para-hydroxylation sites is 1. The number of methoxy groups -OCH3 is 1. The molecule has 1 fully saturated rings. The first kappa shape index (κ1) is 17.4. The van der Waals surface area contributed by atoms with E-state index in [4.69, 9.17) is 9.84 Å². The maximum Gasteiger partial charge on any atom is 0.334 e. The van der Waals surface area contributed by atoms with Crippen LogP contribution < -0.4 is 10.2 Å². The Morgan fingerprint density at radius 2 is 2.17 bits per heavy atom. The van der Waals surface area contributed by atoms with E-state index in [0.29, 0.717) is 5.69 Å². The summed E-state index contributed by atoms with van der Waals surface area (Å²) in [7, 11) is 1.26. The number of rotatable bonds is 6. The van der Waals surface area contributed by atoms with Gasteiger partial charge in [-0.3, -0.25) is 9.59 Å². The molecule has 7 nitrogen and oxygen atoms in total. The van der Waals surface area contributed by atoms with Gasteiger partial charge in [-0.2, -0.15) is 0 Å². The van der Waals surface area contributed by atoms with Crippen molar-refractivity contribution in [3.63, 3.8) is 0 Å². The Kier molecular flexibility index (Phi) is 5.73. The van der Waals surface area contributed by atoms with Gasteiger partial charge in [0, 0.05) is 24.5 Å². The fourth-order valence-corrected chi connectivity index (χ4v) is 2.89. The fraction of sp³-hybridized carbons (Fsp3) is 0.400. The second-order valence-corrected chi connectivity index (χ2v) is 6.02. The highest BCUT2D eigenvalue weighted by atomic mass is 79.9. The third kappa shape index (κ3) is 4.08. The molecule has 1 aromatic rings. The van der Waals surface area contributed by atoms with Crippen LogP contribution in [0.5, 0.6) is 0 Å². The SMILES string of the molecule is COC(CNC(=O)C1CC(=O)N(c2ccccc2Br)C1)C(=O)O. The Morgan fingerprint density at radius 3 is 2.78 bits per heavy atom. The van der Waals surface area contributed by atoms with Gasteiger partial charge in [-0.25, -0.2) is 4.79 Å². The number of halogens is 1. The van der Waals surface area contributed by atoms with Crippen LogP contribution in [0.4, 0.5) is 5.69 Å². The molecule has 124 valence electrons. The molecule has 1 heterocycles. The van der Waals surface area contributed by atoms with Crippen molar-refractivity contribution in [3.8, 4) is 0 Å². The minimum Gasteiger partial charge on any atom is -0.479 e. The first-order chi connectivity index (χ1) is 10.9. The lowest BCUT2D eigenvalue weighted by atomic mass is 10.1. The molecule has 0 bridgehead atoms. The van der Waals surface area contributed by atoms with Crippen LogP contribution in [0.25, 0.3) is 0 Å². The first-order valence-corrected chi connectivity index (χ1v) is 7.81. The predicted octanol–water partition coefficient (Wildman–Crippen LogP) is 1.02. The highest BCUT2D eigenvalue weighted by Crippen LogP contribution is 2.31. The number of hydrogen-bond donors (Lipinski definition) is 2. The van der Waals surface area contributed by atoms with E-state index < -0.39 is 18.0 Å². The van der Waals surface area contributed by atoms with E-state index in [-0.39, 0.29) is 31.3 Å². The summed E-state index contributed by atoms with van der Waals surface area (Å²) >= 11 is 3.39. The summed E-state index contributed by atoms with van der Waals surface area (Å²) in [5.41, 5.74) is 0.716. The number of carbonyl (C=O) groups is 3. The molecule has 2 unspecified atom stereocenters. The van der Waals surface area contributed by atoms with Gasteiger partial charge in [0.15, 0.2) is 6.10 Å². The number of hydrogen-bond acceptors (Lipinski definition) is 4. The third-order valence-electron chi connectivity index (χ3n) is 3.66. The number of ether oxygens (including phenoxy) is 1. The quantitative estimate of drug-likeness (QED) is 0.763. The van der Waals surface area contributed by atoms with Gasteiger partial charge in [0.05, 0.1) is 18.2 Å². The van der Waals surface area contributed by atoms with Gasteiger partial charge < -0.3 is 20.1 Å².